The molecule has 37 heavy (non-hydrogen) atoms. The third-order valence-corrected chi connectivity index (χ3v) is 5.60. The maximum absolute atomic E-state index is 13.0. The zero-order valence-corrected chi connectivity index (χ0v) is 19.3. The standard InChI is InChI=1S/C26H17N5O6/c1-16-6-13-24(23(14-16)29-27-20-4-2-3-5-21(20)28-29)37-25-15-18(9-12-22(25)31(35)36)26(32)17-7-10-19(11-8-17)30(33)34/h2-15H,1H3. The number of fused-ring (bicyclic) bond motifs is 1. The highest BCUT2D eigenvalue weighted by Gasteiger charge is 2.22. The van der Waals surface area contributed by atoms with Crippen LogP contribution < -0.4 is 4.74 Å². The first-order chi connectivity index (χ1) is 17.8. The van der Waals surface area contributed by atoms with Gasteiger partial charge in [0.1, 0.15) is 16.7 Å². The molecule has 1 heterocycles. The Morgan fingerprint density at radius 3 is 2.05 bits per heavy atom. The van der Waals surface area contributed by atoms with Crippen molar-refractivity contribution in [3.63, 3.8) is 0 Å². The molecule has 182 valence electrons. The van der Waals surface area contributed by atoms with Gasteiger partial charge in [0.05, 0.1) is 9.85 Å². The Morgan fingerprint density at radius 2 is 1.43 bits per heavy atom. The summed E-state index contributed by atoms with van der Waals surface area (Å²) in [6, 6.07) is 21.4. The van der Waals surface area contributed by atoms with Crippen LogP contribution in [-0.4, -0.2) is 30.6 Å². The van der Waals surface area contributed by atoms with Crippen LogP contribution in [0.2, 0.25) is 0 Å². The van der Waals surface area contributed by atoms with Gasteiger partial charge in [0.2, 0.25) is 5.75 Å². The summed E-state index contributed by atoms with van der Waals surface area (Å²) in [5.74, 6) is -0.382. The number of nitro groups is 2. The summed E-state index contributed by atoms with van der Waals surface area (Å²) in [6.07, 6.45) is 0. The minimum Gasteiger partial charge on any atom is -0.448 e. The lowest BCUT2D eigenvalue weighted by Crippen LogP contribution is -2.05. The third kappa shape index (κ3) is 4.60. The van der Waals surface area contributed by atoms with E-state index in [1.165, 1.54) is 47.3 Å². The molecular formula is C26H17N5O6. The molecule has 0 saturated carbocycles. The lowest BCUT2D eigenvalue weighted by atomic mass is 10.0. The Bertz CT molecular complexity index is 1660. The Kier molecular flexibility index (Phi) is 5.86. The minimum atomic E-state index is -0.607. The van der Waals surface area contributed by atoms with Crippen LogP contribution in [0.3, 0.4) is 0 Å². The molecule has 0 N–H and O–H groups in total. The van der Waals surface area contributed by atoms with Crippen molar-refractivity contribution in [3.8, 4) is 17.2 Å². The fraction of sp³-hybridized carbons (Fsp3) is 0.0385. The molecule has 11 heteroatoms. The largest absolute Gasteiger partial charge is 0.448 e. The molecule has 0 bridgehead atoms. The lowest BCUT2D eigenvalue weighted by molar-refractivity contribution is -0.385. The van der Waals surface area contributed by atoms with Crippen molar-refractivity contribution in [2.24, 2.45) is 0 Å². The van der Waals surface area contributed by atoms with E-state index in [-0.39, 0.29) is 34.0 Å². The van der Waals surface area contributed by atoms with E-state index in [1.807, 2.05) is 31.2 Å². The van der Waals surface area contributed by atoms with E-state index in [2.05, 4.69) is 10.2 Å². The van der Waals surface area contributed by atoms with Gasteiger partial charge >= 0.3 is 5.69 Å². The number of hydrogen-bond donors (Lipinski definition) is 0. The second-order valence-electron chi connectivity index (χ2n) is 8.12. The number of hydrogen-bond acceptors (Lipinski definition) is 8. The average Bonchev–Trinajstić information content (AvgIpc) is 3.33. The third-order valence-electron chi connectivity index (χ3n) is 5.60. The Labute approximate surface area is 208 Å². The van der Waals surface area contributed by atoms with E-state index < -0.39 is 15.6 Å². The number of ketones is 1. The van der Waals surface area contributed by atoms with Gasteiger partial charge in [0, 0.05) is 29.3 Å². The van der Waals surface area contributed by atoms with Crippen molar-refractivity contribution >= 4 is 28.2 Å². The van der Waals surface area contributed by atoms with Crippen LogP contribution in [-0.2, 0) is 0 Å². The predicted octanol–water partition coefficient (Wildman–Crippen LogP) is 5.57. The number of non-ortho nitro benzene ring substituents is 1. The molecule has 0 unspecified atom stereocenters. The number of nitrogens with zero attached hydrogens (tertiary/aromatic N) is 5. The fourth-order valence-corrected chi connectivity index (χ4v) is 3.75. The van der Waals surface area contributed by atoms with Crippen LogP contribution in [0.15, 0.2) is 84.9 Å². The molecule has 0 radical (unpaired) electrons. The highest BCUT2D eigenvalue weighted by Crippen LogP contribution is 2.36. The first-order valence-corrected chi connectivity index (χ1v) is 11.0. The lowest BCUT2D eigenvalue weighted by Gasteiger charge is -2.12. The zero-order valence-electron chi connectivity index (χ0n) is 19.3. The summed E-state index contributed by atoms with van der Waals surface area (Å²) >= 11 is 0. The first-order valence-electron chi connectivity index (χ1n) is 11.0. The average molecular weight is 495 g/mol. The van der Waals surface area contributed by atoms with Crippen LogP contribution in [0, 0.1) is 27.2 Å². The molecule has 5 rings (SSSR count). The molecule has 11 nitrogen and oxygen atoms in total. The first kappa shape index (κ1) is 23.3. The maximum Gasteiger partial charge on any atom is 0.311 e. The SMILES string of the molecule is Cc1ccc(Oc2cc(C(=O)c3ccc([N+](=O)[O-])cc3)ccc2[N+](=O)[O-])c(-n2nc3ccccc3n2)c1. The fourth-order valence-electron chi connectivity index (χ4n) is 3.75. The minimum absolute atomic E-state index is 0.117. The number of ether oxygens (including phenoxy) is 1. The number of benzene rings is 4. The van der Waals surface area contributed by atoms with Crippen LogP contribution >= 0.6 is 0 Å². The predicted molar refractivity (Wildman–Crippen MR) is 133 cm³/mol. The molecule has 0 saturated heterocycles. The molecule has 0 aliphatic carbocycles. The quantitative estimate of drug-likeness (QED) is 0.162. The highest BCUT2D eigenvalue weighted by molar-refractivity contribution is 6.09. The monoisotopic (exact) mass is 495 g/mol. The topological polar surface area (TPSA) is 143 Å². The summed E-state index contributed by atoms with van der Waals surface area (Å²) in [7, 11) is 0. The van der Waals surface area contributed by atoms with Gasteiger partial charge in [-0.3, -0.25) is 25.0 Å². The highest BCUT2D eigenvalue weighted by atomic mass is 16.6. The van der Waals surface area contributed by atoms with Gasteiger partial charge in [-0.25, -0.2) is 0 Å². The molecule has 5 aromatic rings. The Morgan fingerprint density at radius 1 is 0.784 bits per heavy atom. The zero-order chi connectivity index (χ0) is 26.1. The second-order valence-corrected chi connectivity index (χ2v) is 8.12. The second kappa shape index (κ2) is 9.30. The molecule has 0 aliphatic heterocycles. The van der Waals surface area contributed by atoms with Gasteiger partial charge in [-0.1, -0.05) is 18.2 Å². The van der Waals surface area contributed by atoms with Gasteiger partial charge in [-0.15, -0.1) is 15.0 Å². The summed E-state index contributed by atoms with van der Waals surface area (Å²) in [6.45, 7) is 1.88. The molecule has 4 aromatic carbocycles. The molecule has 0 amide bonds. The van der Waals surface area contributed by atoms with E-state index in [4.69, 9.17) is 4.74 Å². The molecule has 0 spiro atoms. The summed E-state index contributed by atoms with van der Waals surface area (Å²) in [4.78, 5) is 35.9. The van der Waals surface area contributed by atoms with Crippen molar-refractivity contribution in [1.29, 1.82) is 0 Å². The van der Waals surface area contributed by atoms with Gasteiger partial charge in [0.15, 0.2) is 11.5 Å². The van der Waals surface area contributed by atoms with Crippen LogP contribution in [0.5, 0.6) is 11.5 Å². The molecule has 0 fully saturated rings. The normalized spacial score (nSPS) is 10.8. The number of carbonyl (C=O) groups excluding carboxylic acids is 1. The smallest absolute Gasteiger partial charge is 0.311 e. The van der Waals surface area contributed by atoms with Crippen molar-refractivity contribution in [2.75, 3.05) is 0 Å². The van der Waals surface area contributed by atoms with E-state index >= 15 is 0 Å². The molecule has 1 aromatic heterocycles. The van der Waals surface area contributed by atoms with E-state index in [0.29, 0.717) is 16.7 Å². The number of aromatic nitrogens is 3. The van der Waals surface area contributed by atoms with Crippen molar-refractivity contribution in [1.82, 2.24) is 15.0 Å². The summed E-state index contributed by atoms with van der Waals surface area (Å²) in [5, 5.41) is 31.6. The Hall–Kier alpha value is -5.45. The maximum atomic E-state index is 13.0. The number of aryl methyl sites for hydroxylation is 1. The van der Waals surface area contributed by atoms with Crippen molar-refractivity contribution in [3.05, 3.63) is 122 Å². The van der Waals surface area contributed by atoms with Crippen molar-refractivity contribution in [2.45, 2.75) is 6.92 Å². The van der Waals surface area contributed by atoms with Gasteiger partial charge in [-0.05, 0) is 61.0 Å². The Balaban J connectivity index is 1.55. The number of nitro benzene ring substituents is 2. The molecule has 0 atom stereocenters. The van der Waals surface area contributed by atoms with E-state index in [9.17, 15) is 25.0 Å². The van der Waals surface area contributed by atoms with Crippen LogP contribution in [0.1, 0.15) is 21.5 Å². The van der Waals surface area contributed by atoms with Gasteiger partial charge < -0.3 is 4.74 Å². The van der Waals surface area contributed by atoms with Crippen LogP contribution in [0.25, 0.3) is 16.7 Å². The van der Waals surface area contributed by atoms with Crippen molar-refractivity contribution < 1.29 is 19.4 Å². The van der Waals surface area contributed by atoms with Gasteiger partial charge in [0.25, 0.3) is 5.69 Å². The molecular weight excluding hydrogens is 478 g/mol. The van der Waals surface area contributed by atoms with Gasteiger partial charge in [-0.2, -0.15) is 0 Å². The van der Waals surface area contributed by atoms with Crippen LogP contribution in [0.4, 0.5) is 11.4 Å². The van der Waals surface area contributed by atoms with E-state index in [1.54, 1.807) is 18.2 Å². The number of carbonyl (C=O) groups is 1. The summed E-state index contributed by atoms with van der Waals surface area (Å²) in [5.41, 5.74) is 2.48. The molecule has 0 aliphatic rings. The van der Waals surface area contributed by atoms with E-state index in [0.717, 1.165) is 5.56 Å². The number of rotatable bonds is 7. The summed E-state index contributed by atoms with van der Waals surface area (Å²) < 4.78 is 6.00.